The first kappa shape index (κ1) is 22.5. The molecule has 0 unspecified atom stereocenters. The summed E-state index contributed by atoms with van der Waals surface area (Å²) in [6, 6.07) is 20.4. The number of hydrogen-bond acceptors (Lipinski definition) is 5. The summed E-state index contributed by atoms with van der Waals surface area (Å²) in [5.74, 6) is -1.66. The van der Waals surface area contributed by atoms with Crippen molar-refractivity contribution in [3.05, 3.63) is 77.9 Å². The minimum atomic E-state index is -1.04. The van der Waals surface area contributed by atoms with Gasteiger partial charge in [-0.1, -0.05) is 67.6 Å². The van der Waals surface area contributed by atoms with Gasteiger partial charge in [-0.15, -0.1) is 0 Å². The number of hydrogen-bond donors (Lipinski definition) is 3. The molecule has 0 fully saturated rings. The predicted molar refractivity (Wildman–Crippen MR) is 133 cm³/mol. The maximum atomic E-state index is 13.1. The normalized spacial score (nSPS) is 12.0. The third kappa shape index (κ3) is 4.88. The van der Waals surface area contributed by atoms with Crippen LogP contribution >= 0.6 is 11.3 Å². The average molecular weight is 460 g/mol. The van der Waals surface area contributed by atoms with Gasteiger partial charge in [-0.2, -0.15) is 0 Å². The van der Waals surface area contributed by atoms with Gasteiger partial charge >= 0.3 is 5.97 Å². The summed E-state index contributed by atoms with van der Waals surface area (Å²) in [6.07, 6.45) is 0. The highest BCUT2D eigenvalue weighted by molar-refractivity contribution is 7.22. The standard InChI is InChI=1S/C26H25N3O3S/c1-15(2)23(25(31)32)29-24(30)22-16(3)7-6-8-19(22)17-11-13-18(14-12-17)27-26-28-20-9-4-5-10-21(20)33-26/h4-15,23H,1-3H3,(H,27,28)(H,29,30)(H,31,32)/t23-/m0/s1. The highest BCUT2D eigenvalue weighted by atomic mass is 32.1. The molecule has 1 amide bonds. The Morgan fingerprint density at radius 3 is 2.36 bits per heavy atom. The van der Waals surface area contributed by atoms with Crippen molar-refractivity contribution in [2.45, 2.75) is 26.8 Å². The summed E-state index contributed by atoms with van der Waals surface area (Å²) in [5, 5.41) is 16.3. The van der Waals surface area contributed by atoms with Crippen LogP contribution in [0.15, 0.2) is 66.7 Å². The number of para-hydroxylation sites is 1. The third-order valence-electron chi connectivity index (χ3n) is 5.46. The number of fused-ring (bicyclic) bond motifs is 1. The second kappa shape index (κ2) is 9.42. The SMILES string of the molecule is Cc1cccc(-c2ccc(Nc3nc4ccccc4s3)cc2)c1C(=O)N[C@H](C(=O)O)C(C)C. The fraction of sp³-hybridized carbons (Fsp3) is 0.192. The Morgan fingerprint density at radius 2 is 1.70 bits per heavy atom. The van der Waals surface area contributed by atoms with Crippen molar-refractivity contribution in [1.82, 2.24) is 10.3 Å². The zero-order valence-corrected chi connectivity index (χ0v) is 19.4. The van der Waals surface area contributed by atoms with E-state index in [0.29, 0.717) is 5.56 Å². The number of aromatic nitrogens is 1. The van der Waals surface area contributed by atoms with Gasteiger partial charge in [0.25, 0.3) is 5.91 Å². The molecule has 0 spiro atoms. The number of amides is 1. The predicted octanol–water partition coefficient (Wildman–Crippen LogP) is 5.85. The topological polar surface area (TPSA) is 91.3 Å². The minimum absolute atomic E-state index is 0.230. The molecule has 3 aromatic carbocycles. The highest BCUT2D eigenvalue weighted by Crippen LogP contribution is 2.31. The van der Waals surface area contributed by atoms with Crippen LogP contribution in [0, 0.1) is 12.8 Å². The molecule has 0 aliphatic heterocycles. The van der Waals surface area contributed by atoms with Crippen LogP contribution in [0.3, 0.4) is 0 Å². The average Bonchev–Trinajstić information content (AvgIpc) is 3.19. The Morgan fingerprint density at radius 1 is 0.970 bits per heavy atom. The molecule has 33 heavy (non-hydrogen) atoms. The van der Waals surface area contributed by atoms with Gasteiger partial charge in [0.1, 0.15) is 6.04 Å². The molecule has 0 aliphatic rings. The number of thiazole rings is 1. The second-order valence-electron chi connectivity index (χ2n) is 8.22. The maximum Gasteiger partial charge on any atom is 0.326 e. The first-order valence-corrected chi connectivity index (χ1v) is 11.5. The van der Waals surface area contributed by atoms with Gasteiger partial charge in [0, 0.05) is 5.69 Å². The molecule has 3 N–H and O–H groups in total. The lowest BCUT2D eigenvalue weighted by Gasteiger charge is -2.20. The number of aliphatic carboxylic acids is 1. The number of carbonyl (C=O) groups is 2. The van der Waals surface area contributed by atoms with Crippen LogP contribution < -0.4 is 10.6 Å². The van der Waals surface area contributed by atoms with Crippen LogP contribution in [0.2, 0.25) is 0 Å². The third-order valence-corrected chi connectivity index (χ3v) is 6.41. The maximum absolute atomic E-state index is 13.1. The van der Waals surface area contributed by atoms with Crippen LogP contribution in [-0.2, 0) is 4.79 Å². The largest absolute Gasteiger partial charge is 0.480 e. The number of anilines is 2. The van der Waals surface area contributed by atoms with Crippen LogP contribution in [0.5, 0.6) is 0 Å². The van der Waals surface area contributed by atoms with Crippen molar-refractivity contribution in [1.29, 1.82) is 0 Å². The Bertz CT molecular complexity index is 1280. The smallest absolute Gasteiger partial charge is 0.326 e. The van der Waals surface area contributed by atoms with Crippen molar-refractivity contribution >= 4 is 44.2 Å². The summed E-state index contributed by atoms with van der Waals surface area (Å²) in [4.78, 5) is 29.2. The monoisotopic (exact) mass is 459 g/mol. The van der Waals surface area contributed by atoms with E-state index in [1.54, 1.807) is 25.2 Å². The van der Waals surface area contributed by atoms with Crippen molar-refractivity contribution < 1.29 is 14.7 Å². The number of nitrogens with zero attached hydrogens (tertiary/aromatic N) is 1. The molecule has 1 heterocycles. The van der Waals surface area contributed by atoms with Gasteiger partial charge in [-0.25, -0.2) is 9.78 Å². The lowest BCUT2D eigenvalue weighted by molar-refractivity contribution is -0.140. The molecule has 4 aromatic rings. The number of carboxylic acids is 1. The van der Waals surface area contributed by atoms with E-state index in [2.05, 4.69) is 15.6 Å². The molecule has 1 aromatic heterocycles. The second-order valence-corrected chi connectivity index (χ2v) is 9.25. The molecule has 6 nitrogen and oxygen atoms in total. The van der Waals surface area contributed by atoms with Crippen molar-refractivity contribution in [2.75, 3.05) is 5.32 Å². The Kier molecular flexibility index (Phi) is 6.42. The van der Waals surface area contributed by atoms with E-state index in [4.69, 9.17) is 0 Å². The number of nitrogens with one attached hydrogen (secondary N) is 2. The van der Waals surface area contributed by atoms with Gasteiger partial charge in [-0.05, 0) is 53.8 Å². The molecular formula is C26H25N3O3S. The molecule has 0 saturated heterocycles. The molecular weight excluding hydrogens is 434 g/mol. The summed E-state index contributed by atoms with van der Waals surface area (Å²) >= 11 is 1.59. The van der Waals surface area contributed by atoms with Crippen molar-refractivity contribution in [2.24, 2.45) is 5.92 Å². The molecule has 0 bridgehead atoms. The lowest BCUT2D eigenvalue weighted by Crippen LogP contribution is -2.44. The van der Waals surface area contributed by atoms with E-state index in [9.17, 15) is 14.7 Å². The van der Waals surface area contributed by atoms with E-state index in [1.165, 1.54) is 0 Å². The van der Waals surface area contributed by atoms with Crippen LogP contribution in [0.1, 0.15) is 29.8 Å². The Labute approximate surface area is 196 Å². The molecule has 168 valence electrons. The van der Waals surface area contributed by atoms with Gasteiger partial charge < -0.3 is 15.7 Å². The van der Waals surface area contributed by atoms with Crippen LogP contribution in [0.25, 0.3) is 21.3 Å². The molecule has 7 heteroatoms. The number of carbonyl (C=O) groups excluding carboxylic acids is 1. The lowest BCUT2D eigenvalue weighted by atomic mass is 9.94. The molecule has 0 radical (unpaired) electrons. The fourth-order valence-electron chi connectivity index (χ4n) is 3.72. The quantitative estimate of drug-likeness (QED) is 0.322. The first-order valence-electron chi connectivity index (χ1n) is 10.7. The molecule has 4 rings (SSSR count). The van der Waals surface area contributed by atoms with E-state index >= 15 is 0 Å². The molecule has 1 atom stereocenters. The van der Waals surface area contributed by atoms with Crippen LogP contribution in [0.4, 0.5) is 10.8 Å². The van der Waals surface area contributed by atoms with E-state index < -0.39 is 12.0 Å². The van der Waals surface area contributed by atoms with E-state index in [-0.39, 0.29) is 11.8 Å². The van der Waals surface area contributed by atoms with Gasteiger partial charge in [-0.3, -0.25) is 4.79 Å². The van der Waals surface area contributed by atoms with E-state index in [1.807, 2.05) is 73.7 Å². The van der Waals surface area contributed by atoms with E-state index in [0.717, 1.165) is 37.7 Å². The van der Waals surface area contributed by atoms with Crippen LogP contribution in [-0.4, -0.2) is 28.0 Å². The van der Waals surface area contributed by atoms with Gasteiger partial charge in [0.05, 0.1) is 15.8 Å². The molecule has 0 aliphatic carbocycles. The zero-order chi connectivity index (χ0) is 23.5. The minimum Gasteiger partial charge on any atom is -0.480 e. The number of rotatable bonds is 7. The van der Waals surface area contributed by atoms with Gasteiger partial charge in [0.2, 0.25) is 0 Å². The Balaban J connectivity index is 1.59. The summed E-state index contributed by atoms with van der Waals surface area (Å²) < 4.78 is 1.12. The summed E-state index contributed by atoms with van der Waals surface area (Å²) in [6.45, 7) is 5.40. The van der Waals surface area contributed by atoms with Crippen molar-refractivity contribution in [3.63, 3.8) is 0 Å². The summed E-state index contributed by atoms with van der Waals surface area (Å²) in [7, 11) is 0. The Hall–Kier alpha value is -3.71. The number of carboxylic acid groups (broad SMARTS) is 1. The zero-order valence-electron chi connectivity index (χ0n) is 18.6. The summed E-state index contributed by atoms with van der Waals surface area (Å²) in [5.41, 5.74) is 4.74. The first-order chi connectivity index (χ1) is 15.8. The fourth-order valence-corrected chi connectivity index (χ4v) is 4.60. The van der Waals surface area contributed by atoms with Crippen molar-refractivity contribution in [3.8, 4) is 11.1 Å². The molecule has 0 saturated carbocycles. The van der Waals surface area contributed by atoms with Gasteiger partial charge in [0.15, 0.2) is 5.13 Å². The number of benzene rings is 3. The highest BCUT2D eigenvalue weighted by Gasteiger charge is 2.26. The number of aryl methyl sites for hydroxylation is 1.